The Morgan fingerprint density at radius 2 is 1.89 bits per heavy atom. The lowest BCUT2D eigenvalue weighted by Gasteiger charge is -2.16. The molecule has 0 saturated heterocycles. The number of carboxylic acids is 1. The molecule has 0 unspecified atom stereocenters. The zero-order chi connectivity index (χ0) is 14.5. The molecule has 0 amide bonds. The summed E-state index contributed by atoms with van der Waals surface area (Å²) in [5.41, 5.74) is 0.0731. The van der Waals surface area contributed by atoms with Crippen molar-refractivity contribution in [2.24, 2.45) is 0 Å². The van der Waals surface area contributed by atoms with Crippen molar-refractivity contribution < 1.29 is 18.3 Å². The van der Waals surface area contributed by atoms with E-state index in [1.165, 1.54) is 35.6 Å². The van der Waals surface area contributed by atoms with E-state index >= 15 is 0 Å². The maximum absolute atomic E-state index is 12.2. The van der Waals surface area contributed by atoms with Gasteiger partial charge in [-0.25, -0.2) is 17.5 Å². The molecule has 1 N–H and O–H groups in total. The van der Waals surface area contributed by atoms with E-state index in [0.717, 1.165) is 12.2 Å². The van der Waals surface area contributed by atoms with Crippen molar-refractivity contribution in [1.29, 1.82) is 0 Å². The molecular formula is C12H17NO4S2. The SMILES string of the molecule is CSCCCN(C)S(=O)(=O)c1ccc(C(=O)O)cc1. The van der Waals surface area contributed by atoms with Crippen LogP contribution in [0, 0.1) is 0 Å². The molecule has 0 heterocycles. The molecule has 0 aliphatic rings. The molecule has 5 nitrogen and oxygen atoms in total. The lowest BCUT2D eigenvalue weighted by Crippen LogP contribution is -2.28. The molecule has 0 aromatic heterocycles. The number of thioether (sulfide) groups is 1. The minimum atomic E-state index is -3.53. The minimum Gasteiger partial charge on any atom is -0.478 e. The van der Waals surface area contributed by atoms with Crippen LogP contribution in [0.1, 0.15) is 16.8 Å². The predicted molar refractivity (Wildman–Crippen MR) is 76.2 cm³/mol. The zero-order valence-corrected chi connectivity index (χ0v) is 12.5. The Labute approximate surface area is 117 Å². The highest BCUT2D eigenvalue weighted by Crippen LogP contribution is 2.15. The molecule has 0 aliphatic carbocycles. The first-order chi connectivity index (χ1) is 8.89. The third-order valence-corrected chi connectivity index (χ3v) is 5.20. The molecule has 7 heteroatoms. The van der Waals surface area contributed by atoms with E-state index in [1.54, 1.807) is 11.8 Å². The maximum Gasteiger partial charge on any atom is 0.335 e. The summed E-state index contributed by atoms with van der Waals surface area (Å²) >= 11 is 1.67. The molecule has 1 aromatic carbocycles. The van der Waals surface area contributed by atoms with Gasteiger partial charge in [0, 0.05) is 13.6 Å². The summed E-state index contributed by atoms with van der Waals surface area (Å²) in [7, 11) is -2.00. The second-order valence-corrected chi connectivity index (χ2v) is 7.03. The number of carbonyl (C=O) groups is 1. The van der Waals surface area contributed by atoms with Gasteiger partial charge in [-0.1, -0.05) is 0 Å². The summed E-state index contributed by atoms with van der Waals surface area (Å²) in [5.74, 6) is -0.171. The van der Waals surface area contributed by atoms with Crippen LogP contribution in [-0.2, 0) is 10.0 Å². The molecule has 106 valence electrons. The molecule has 19 heavy (non-hydrogen) atoms. The summed E-state index contributed by atoms with van der Waals surface area (Å²) < 4.78 is 25.6. The first-order valence-electron chi connectivity index (χ1n) is 5.68. The van der Waals surface area contributed by atoms with Gasteiger partial charge >= 0.3 is 5.97 Å². The quantitative estimate of drug-likeness (QED) is 0.777. The summed E-state index contributed by atoms with van der Waals surface area (Å²) in [6.45, 7) is 0.448. The van der Waals surface area contributed by atoms with Crippen LogP contribution in [0.25, 0.3) is 0 Å². The van der Waals surface area contributed by atoms with E-state index < -0.39 is 16.0 Å². The van der Waals surface area contributed by atoms with Gasteiger partial charge in [-0.05, 0) is 42.7 Å². The molecule has 1 aromatic rings. The number of nitrogens with zero attached hydrogens (tertiary/aromatic N) is 1. The summed E-state index contributed by atoms with van der Waals surface area (Å²) in [5, 5.41) is 8.77. The summed E-state index contributed by atoms with van der Waals surface area (Å²) in [6.07, 6.45) is 2.75. The average molecular weight is 303 g/mol. The van der Waals surface area contributed by atoms with Crippen molar-refractivity contribution in [3.8, 4) is 0 Å². The van der Waals surface area contributed by atoms with Crippen LogP contribution in [-0.4, -0.2) is 49.4 Å². The highest BCUT2D eigenvalue weighted by atomic mass is 32.2. The Morgan fingerprint density at radius 1 is 1.32 bits per heavy atom. The number of hydrogen-bond acceptors (Lipinski definition) is 4. The van der Waals surface area contributed by atoms with Gasteiger partial charge in [0.15, 0.2) is 0 Å². The predicted octanol–water partition coefficient (Wildman–Crippen LogP) is 1.76. The fourth-order valence-corrected chi connectivity index (χ4v) is 3.13. The molecule has 0 aliphatic heterocycles. The van der Waals surface area contributed by atoms with Crippen molar-refractivity contribution in [2.75, 3.05) is 25.6 Å². The van der Waals surface area contributed by atoms with Crippen molar-refractivity contribution in [1.82, 2.24) is 4.31 Å². The van der Waals surface area contributed by atoms with E-state index in [9.17, 15) is 13.2 Å². The Kier molecular flexibility index (Phi) is 5.84. The maximum atomic E-state index is 12.2. The molecule has 0 spiro atoms. The average Bonchev–Trinajstić information content (AvgIpc) is 2.39. The first-order valence-corrected chi connectivity index (χ1v) is 8.51. The fourth-order valence-electron chi connectivity index (χ4n) is 1.50. The fraction of sp³-hybridized carbons (Fsp3) is 0.417. The number of hydrogen-bond donors (Lipinski definition) is 1. The van der Waals surface area contributed by atoms with E-state index in [2.05, 4.69) is 0 Å². The highest BCUT2D eigenvalue weighted by molar-refractivity contribution is 7.98. The van der Waals surface area contributed by atoms with Crippen LogP contribution in [0.4, 0.5) is 0 Å². The summed E-state index contributed by atoms with van der Waals surface area (Å²) in [6, 6.07) is 5.24. The lowest BCUT2D eigenvalue weighted by molar-refractivity contribution is 0.0696. The second-order valence-electron chi connectivity index (χ2n) is 4.00. The number of aromatic carboxylic acids is 1. The monoisotopic (exact) mass is 303 g/mol. The van der Waals surface area contributed by atoms with Gasteiger partial charge in [-0.15, -0.1) is 0 Å². The smallest absolute Gasteiger partial charge is 0.335 e. The Morgan fingerprint density at radius 3 is 2.37 bits per heavy atom. The van der Waals surface area contributed by atoms with Gasteiger partial charge in [0.2, 0.25) is 10.0 Å². The molecule has 0 fully saturated rings. The van der Waals surface area contributed by atoms with Crippen molar-refractivity contribution in [3.63, 3.8) is 0 Å². The van der Waals surface area contributed by atoms with E-state index in [1.807, 2.05) is 6.26 Å². The standard InChI is InChI=1S/C12H17NO4S2/c1-13(8-3-9-18-2)19(16,17)11-6-4-10(5-7-11)12(14)15/h4-7H,3,8-9H2,1-2H3,(H,14,15). The van der Waals surface area contributed by atoms with E-state index in [-0.39, 0.29) is 10.5 Å². The largest absolute Gasteiger partial charge is 0.478 e. The first kappa shape index (κ1) is 16.0. The van der Waals surface area contributed by atoms with Crippen molar-refractivity contribution in [2.45, 2.75) is 11.3 Å². The van der Waals surface area contributed by atoms with Gasteiger partial charge in [-0.2, -0.15) is 11.8 Å². The van der Waals surface area contributed by atoms with Crippen molar-refractivity contribution >= 4 is 27.8 Å². The number of benzene rings is 1. The Bertz CT molecular complexity index is 525. The van der Waals surface area contributed by atoms with Gasteiger partial charge < -0.3 is 5.11 Å². The van der Waals surface area contributed by atoms with Crippen LogP contribution < -0.4 is 0 Å². The third kappa shape index (κ3) is 4.22. The number of rotatable bonds is 7. The summed E-state index contributed by atoms with van der Waals surface area (Å²) in [4.78, 5) is 10.8. The highest BCUT2D eigenvalue weighted by Gasteiger charge is 2.20. The lowest BCUT2D eigenvalue weighted by atomic mass is 10.2. The van der Waals surface area contributed by atoms with Gasteiger partial charge in [0.25, 0.3) is 0 Å². The second kappa shape index (κ2) is 6.93. The van der Waals surface area contributed by atoms with E-state index in [4.69, 9.17) is 5.11 Å². The van der Waals surface area contributed by atoms with Crippen LogP contribution in [0.3, 0.4) is 0 Å². The molecule has 0 saturated carbocycles. The van der Waals surface area contributed by atoms with Gasteiger partial charge in [0.1, 0.15) is 0 Å². The number of sulfonamides is 1. The normalized spacial score (nSPS) is 11.7. The van der Waals surface area contributed by atoms with E-state index in [0.29, 0.717) is 6.54 Å². The van der Waals surface area contributed by atoms with Crippen LogP contribution in [0.15, 0.2) is 29.2 Å². The van der Waals surface area contributed by atoms with Crippen molar-refractivity contribution in [3.05, 3.63) is 29.8 Å². The third-order valence-electron chi connectivity index (χ3n) is 2.63. The Hall–Kier alpha value is -1.05. The molecule has 1 rings (SSSR count). The zero-order valence-electron chi connectivity index (χ0n) is 10.9. The van der Waals surface area contributed by atoms with Gasteiger partial charge in [-0.3, -0.25) is 0 Å². The molecular weight excluding hydrogens is 286 g/mol. The van der Waals surface area contributed by atoms with Gasteiger partial charge in [0.05, 0.1) is 10.5 Å². The topological polar surface area (TPSA) is 74.7 Å². The van der Waals surface area contributed by atoms with Crippen LogP contribution >= 0.6 is 11.8 Å². The molecule has 0 radical (unpaired) electrons. The van der Waals surface area contributed by atoms with Crippen LogP contribution in [0.5, 0.6) is 0 Å². The molecule has 0 atom stereocenters. The minimum absolute atomic E-state index is 0.0731. The Balaban J connectivity index is 2.84. The number of carboxylic acid groups (broad SMARTS) is 1. The van der Waals surface area contributed by atoms with Crippen LogP contribution in [0.2, 0.25) is 0 Å². The molecule has 0 bridgehead atoms.